The van der Waals surface area contributed by atoms with Gasteiger partial charge in [0, 0.05) is 37.8 Å². The van der Waals surface area contributed by atoms with Gasteiger partial charge in [-0.2, -0.15) is 0 Å². The number of aryl methyl sites for hydroxylation is 1. The quantitative estimate of drug-likeness (QED) is 0.625. The lowest BCUT2D eigenvalue weighted by Crippen LogP contribution is -2.44. The lowest BCUT2D eigenvalue weighted by atomic mass is 10.1. The Hall–Kier alpha value is -3.15. The third kappa shape index (κ3) is 4.31. The molecule has 1 atom stereocenters. The maximum absolute atomic E-state index is 13.4. The van der Waals surface area contributed by atoms with Crippen molar-refractivity contribution in [3.05, 3.63) is 72.2 Å². The summed E-state index contributed by atoms with van der Waals surface area (Å²) in [6.45, 7) is 1.61. The summed E-state index contributed by atoms with van der Waals surface area (Å²) in [4.78, 5) is 26.4. The van der Waals surface area contributed by atoms with Crippen molar-refractivity contribution in [3.63, 3.8) is 0 Å². The SMILES string of the molecule is O=C(NCCCn1ccc2ccccc21)C1CCC(=O)N1Cc1cccc(F)c1. The number of rotatable bonds is 7. The van der Waals surface area contributed by atoms with E-state index in [0.717, 1.165) is 13.0 Å². The van der Waals surface area contributed by atoms with Crippen molar-refractivity contribution in [2.24, 2.45) is 0 Å². The molecule has 0 spiro atoms. The van der Waals surface area contributed by atoms with Crippen LogP contribution in [0, 0.1) is 5.82 Å². The molecule has 0 bridgehead atoms. The molecule has 1 fully saturated rings. The van der Waals surface area contributed by atoms with Crippen LogP contribution in [0.1, 0.15) is 24.8 Å². The highest BCUT2D eigenvalue weighted by Crippen LogP contribution is 2.22. The first-order valence-corrected chi connectivity index (χ1v) is 9.97. The van der Waals surface area contributed by atoms with E-state index in [4.69, 9.17) is 0 Å². The van der Waals surface area contributed by atoms with Gasteiger partial charge in [0.2, 0.25) is 11.8 Å². The van der Waals surface area contributed by atoms with Gasteiger partial charge in [0.05, 0.1) is 0 Å². The Morgan fingerprint density at radius 3 is 2.86 bits per heavy atom. The fourth-order valence-electron chi connectivity index (χ4n) is 3.95. The summed E-state index contributed by atoms with van der Waals surface area (Å²) in [5, 5.41) is 4.17. The van der Waals surface area contributed by atoms with Crippen LogP contribution >= 0.6 is 0 Å². The topological polar surface area (TPSA) is 54.3 Å². The van der Waals surface area contributed by atoms with Gasteiger partial charge in [0.1, 0.15) is 11.9 Å². The van der Waals surface area contributed by atoms with E-state index in [2.05, 4.69) is 34.3 Å². The van der Waals surface area contributed by atoms with Gasteiger partial charge in [-0.1, -0.05) is 30.3 Å². The number of para-hydroxylation sites is 1. The predicted octanol–water partition coefficient (Wildman–Crippen LogP) is 3.48. The Balaban J connectivity index is 1.30. The molecule has 1 aliphatic rings. The van der Waals surface area contributed by atoms with Gasteiger partial charge in [-0.25, -0.2) is 4.39 Å². The minimum Gasteiger partial charge on any atom is -0.354 e. The van der Waals surface area contributed by atoms with Gasteiger partial charge < -0.3 is 14.8 Å². The summed E-state index contributed by atoms with van der Waals surface area (Å²) in [7, 11) is 0. The molecular formula is C23H24FN3O2. The zero-order valence-electron chi connectivity index (χ0n) is 16.2. The number of carbonyl (C=O) groups excluding carboxylic acids is 2. The van der Waals surface area contributed by atoms with Crippen molar-refractivity contribution in [1.29, 1.82) is 0 Å². The van der Waals surface area contributed by atoms with Crippen LogP contribution in [0.2, 0.25) is 0 Å². The van der Waals surface area contributed by atoms with Gasteiger partial charge in [-0.15, -0.1) is 0 Å². The van der Waals surface area contributed by atoms with Crippen LogP contribution in [-0.2, 0) is 22.7 Å². The standard InChI is InChI=1S/C23H24FN3O2/c24-19-7-3-5-17(15-19)16-27-21(9-10-22(27)28)23(29)25-12-4-13-26-14-11-18-6-1-2-8-20(18)26/h1-3,5-8,11,14-15,21H,4,9-10,12-13,16H2,(H,25,29). The highest BCUT2D eigenvalue weighted by Gasteiger charge is 2.35. The summed E-state index contributed by atoms with van der Waals surface area (Å²) in [6.07, 6.45) is 3.71. The Kier molecular flexibility index (Phi) is 5.60. The maximum Gasteiger partial charge on any atom is 0.242 e. The fourth-order valence-corrected chi connectivity index (χ4v) is 3.95. The average Bonchev–Trinajstić information content (AvgIpc) is 3.29. The molecule has 1 saturated heterocycles. The minimum absolute atomic E-state index is 0.0618. The van der Waals surface area contributed by atoms with Gasteiger partial charge in [-0.05, 0) is 48.1 Å². The smallest absolute Gasteiger partial charge is 0.242 e. The lowest BCUT2D eigenvalue weighted by molar-refractivity contribution is -0.135. The summed E-state index contributed by atoms with van der Waals surface area (Å²) < 4.78 is 15.6. The molecule has 0 radical (unpaired) electrons. The monoisotopic (exact) mass is 393 g/mol. The van der Waals surface area contributed by atoms with Crippen LogP contribution < -0.4 is 5.32 Å². The Labute approximate surface area is 169 Å². The molecule has 29 heavy (non-hydrogen) atoms. The highest BCUT2D eigenvalue weighted by atomic mass is 19.1. The average molecular weight is 393 g/mol. The molecule has 2 amide bonds. The summed E-state index contributed by atoms with van der Waals surface area (Å²) in [6, 6.07) is 16.0. The van der Waals surface area contributed by atoms with Crippen molar-refractivity contribution in [1.82, 2.24) is 14.8 Å². The zero-order chi connectivity index (χ0) is 20.2. The van der Waals surface area contributed by atoms with Gasteiger partial charge in [0.15, 0.2) is 0 Å². The second-order valence-corrected chi connectivity index (χ2v) is 7.42. The van der Waals surface area contributed by atoms with E-state index in [0.29, 0.717) is 24.9 Å². The first kappa shape index (κ1) is 19.2. The summed E-state index contributed by atoms with van der Waals surface area (Å²) >= 11 is 0. The van der Waals surface area contributed by atoms with E-state index in [-0.39, 0.29) is 24.2 Å². The lowest BCUT2D eigenvalue weighted by Gasteiger charge is -2.24. The van der Waals surface area contributed by atoms with Gasteiger partial charge >= 0.3 is 0 Å². The Morgan fingerprint density at radius 1 is 1.14 bits per heavy atom. The number of hydrogen-bond donors (Lipinski definition) is 1. The first-order chi connectivity index (χ1) is 14.1. The number of carbonyl (C=O) groups is 2. The van der Waals surface area contributed by atoms with Crippen molar-refractivity contribution in [2.75, 3.05) is 6.54 Å². The van der Waals surface area contributed by atoms with Crippen molar-refractivity contribution in [2.45, 2.75) is 38.4 Å². The number of halogens is 1. The normalized spacial score (nSPS) is 16.5. The van der Waals surface area contributed by atoms with Crippen LogP contribution in [-0.4, -0.2) is 33.9 Å². The first-order valence-electron chi connectivity index (χ1n) is 9.97. The number of amides is 2. The number of nitrogens with zero attached hydrogens (tertiary/aromatic N) is 2. The number of benzene rings is 2. The molecule has 3 aromatic rings. The Morgan fingerprint density at radius 2 is 2.00 bits per heavy atom. The number of nitrogens with one attached hydrogen (secondary N) is 1. The molecular weight excluding hydrogens is 369 g/mol. The predicted molar refractivity (Wildman–Crippen MR) is 110 cm³/mol. The molecule has 1 aromatic heterocycles. The third-order valence-corrected chi connectivity index (χ3v) is 5.43. The fraction of sp³-hybridized carbons (Fsp3) is 0.304. The molecule has 1 aliphatic heterocycles. The van der Waals surface area contributed by atoms with E-state index in [9.17, 15) is 14.0 Å². The second-order valence-electron chi connectivity index (χ2n) is 7.42. The van der Waals surface area contributed by atoms with Crippen LogP contribution in [0.4, 0.5) is 4.39 Å². The van der Waals surface area contributed by atoms with E-state index in [1.54, 1.807) is 17.0 Å². The number of hydrogen-bond acceptors (Lipinski definition) is 2. The van der Waals surface area contributed by atoms with E-state index in [1.165, 1.54) is 23.0 Å². The molecule has 1 unspecified atom stereocenters. The molecule has 5 nitrogen and oxygen atoms in total. The molecule has 6 heteroatoms. The molecule has 0 aliphatic carbocycles. The van der Waals surface area contributed by atoms with Crippen molar-refractivity contribution < 1.29 is 14.0 Å². The highest BCUT2D eigenvalue weighted by molar-refractivity contribution is 5.90. The van der Waals surface area contributed by atoms with Crippen LogP contribution in [0.5, 0.6) is 0 Å². The molecule has 2 heterocycles. The van der Waals surface area contributed by atoms with Crippen LogP contribution in [0.3, 0.4) is 0 Å². The largest absolute Gasteiger partial charge is 0.354 e. The van der Waals surface area contributed by atoms with Crippen LogP contribution in [0.25, 0.3) is 10.9 Å². The third-order valence-electron chi connectivity index (χ3n) is 5.43. The van der Waals surface area contributed by atoms with E-state index < -0.39 is 6.04 Å². The molecule has 0 saturated carbocycles. The van der Waals surface area contributed by atoms with Gasteiger partial charge in [0.25, 0.3) is 0 Å². The molecule has 2 aromatic carbocycles. The number of aromatic nitrogens is 1. The molecule has 150 valence electrons. The van der Waals surface area contributed by atoms with Crippen molar-refractivity contribution >= 4 is 22.7 Å². The maximum atomic E-state index is 13.4. The molecule has 4 rings (SSSR count). The van der Waals surface area contributed by atoms with Crippen LogP contribution in [0.15, 0.2) is 60.8 Å². The van der Waals surface area contributed by atoms with E-state index >= 15 is 0 Å². The number of likely N-dealkylation sites (tertiary alicyclic amines) is 1. The zero-order valence-corrected chi connectivity index (χ0v) is 16.2. The number of fused-ring (bicyclic) bond motifs is 1. The van der Waals surface area contributed by atoms with Crippen molar-refractivity contribution in [3.8, 4) is 0 Å². The summed E-state index contributed by atoms with van der Waals surface area (Å²) in [5.74, 6) is -0.537. The summed E-state index contributed by atoms with van der Waals surface area (Å²) in [5.41, 5.74) is 1.87. The Bertz CT molecular complexity index is 1030. The second kappa shape index (κ2) is 8.47. The van der Waals surface area contributed by atoms with Gasteiger partial charge in [-0.3, -0.25) is 9.59 Å². The minimum atomic E-state index is -0.488. The molecule has 1 N–H and O–H groups in total. The van der Waals surface area contributed by atoms with E-state index in [1.807, 2.05) is 12.1 Å².